The van der Waals surface area contributed by atoms with Gasteiger partial charge in [0.05, 0.1) is 75.8 Å². The molecule has 440 valence electrons. The molecular weight excluding hydrogens is 1110 g/mol. The van der Waals surface area contributed by atoms with Gasteiger partial charge >= 0.3 is 0 Å². The largest absolute Gasteiger partial charge is 0.495 e. The quantitative estimate of drug-likeness (QED) is 0.0401. The number of halogens is 1. The van der Waals surface area contributed by atoms with Crippen molar-refractivity contribution < 1.29 is 28.1 Å². The molecule has 23 heteroatoms. The third-order valence-corrected chi connectivity index (χ3v) is 17.9. The number of hydrogen-bond acceptors (Lipinski definition) is 18. The molecule has 2 saturated heterocycles. The van der Waals surface area contributed by atoms with E-state index in [2.05, 4.69) is 83.1 Å². The summed E-state index contributed by atoms with van der Waals surface area (Å²) in [4.78, 5) is 21.8. The maximum Gasteiger partial charge on any atom is 0.229 e. The van der Waals surface area contributed by atoms with Crippen molar-refractivity contribution in [3.8, 4) is 33.8 Å². The van der Waals surface area contributed by atoms with Gasteiger partial charge in [-0.3, -0.25) is 9.36 Å². The van der Waals surface area contributed by atoms with E-state index in [1.54, 1.807) is 65.4 Å². The average molecular weight is 1190 g/mol. The van der Waals surface area contributed by atoms with E-state index in [-0.39, 0.29) is 5.28 Å². The zero-order valence-electron chi connectivity index (χ0n) is 49.6. The third-order valence-electron chi connectivity index (χ3n) is 14.4. The van der Waals surface area contributed by atoms with Crippen LogP contribution in [0.1, 0.15) is 36.1 Å². The van der Waals surface area contributed by atoms with Crippen LogP contribution in [0, 0.1) is 27.7 Å². The summed E-state index contributed by atoms with van der Waals surface area (Å²) in [6.07, 6.45) is 11.1. The maximum absolute atomic E-state index is 13.2. The maximum atomic E-state index is 13.2. The number of nitrogens with zero attached hydrogens (tertiary/aromatic N) is 10. The van der Waals surface area contributed by atoms with Crippen LogP contribution in [0.2, 0.25) is 5.28 Å². The van der Waals surface area contributed by atoms with E-state index in [0.717, 1.165) is 136 Å². The van der Waals surface area contributed by atoms with Crippen LogP contribution in [0.15, 0.2) is 97.8 Å². The highest BCUT2D eigenvalue weighted by Gasteiger charge is 2.25. The summed E-state index contributed by atoms with van der Waals surface area (Å²) in [5, 5.41) is 20.7. The molecule has 2 fully saturated rings. The lowest BCUT2D eigenvalue weighted by molar-refractivity contribution is 0.122. The highest BCUT2D eigenvalue weighted by Crippen LogP contribution is 2.44. The first-order valence-electron chi connectivity index (χ1n) is 27.5. The topological polar surface area (TPSA) is 227 Å². The van der Waals surface area contributed by atoms with Crippen LogP contribution in [0.3, 0.4) is 0 Å². The molecule has 0 radical (unpaired) electrons. The molecule has 83 heavy (non-hydrogen) atoms. The number of hydrogen-bond donors (Lipinski definition) is 4. The number of ether oxygens (including phenoxy) is 4. The molecule has 0 bridgehead atoms. The van der Waals surface area contributed by atoms with E-state index in [1.807, 2.05) is 92.0 Å². The minimum Gasteiger partial charge on any atom is -0.495 e. The molecule has 10 rings (SSSR count). The van der Waals surface area contributed by atoms with Gasteiger partial charge in [0.1, 0.15) is 37.4 Å². The fraction of sp³-hybridized carbons (Fsp3) is 0.367. The van der Waals surface area contributed by atoms with E-state index < -0.39 is 14.3 Å². The van der Waals surface area contributed by atoms with Crippen molar-refractivity contribution in [2.75, 3.05) is 125 Å². The molecule has 0 saturated carbocycles. The fourth-order valence-corrected chi connectivity index (χ4v) is 13.6. The first kappa shape index (κ1) is 61.6. The van der Waals surface area contributed by atoms with Crippen LogP contribution in [0.5, 0.6) is 11.5 Å². The highest BCUT2D eigenvalue weighted by atomic mass is 35.5. The molecule has 8 aromatic rings. The summed E-state index contributed by atoms with van der Waals surface area (Å²) in [6, 6.07) is 19.5. The number of benzene rings is 4. The molecule has 0 amide bonds. The number of morpholine rings is 2. The number of nitrogens with two attached hydrogens (primary N) is 1. The van der Waals surface area contributed by atoms with Crippen molar-refractivity contribution in [2.24, 2.45) is 0 Å². The number of aromatic nitrogens is 8. The van der Waals surface area contributed by atoms with Gasteiger partial charge in [0.25, 0.3) is 0 Å². The minimum absolute atomic E-state index is 0.177. The third kappa shape index (κ3) is 15.2. The Hall–Kier alpha value is -7.47. The molecule has 0 aliphatic carbocycles. The van der Waals surface area contributed by atoms with E-state index in [0.29, 0.717) is 48.0 Å². The van der Waals surface area contributed by atoms with Crippen LogP contribution in [0.25, 0.3) is 22.3 Å². The van der Waals surface area contributed by atoms with Crippen LogP contribution in [0.4, 0.5) is 51.7 Å². The molecular formula is C60H77ClN14O6P2. The first-order valence-corrected chi connectivity index (χ1v) is 33.1. The van der Waals surface area contributed by atoms with Crippen molar-refractivity contribution in [1.29, 1.82) is 0 Å². The van der Waals surface area contributed by atoms with E-state index >= 15 is 0 Å². The van der Waals surface area contributed by atoms with Gasteiger partial charge in [0.15, 0.2) is 0 Å². The van der Waals surface area contributed by atoms with E-state index in [9.17, 15) is 9.13 Å². The normalized spacial score (nSPS) is 13.6. The predicted octanol–water partition coefficient (Wildman–Crippen LogP) is 11.3. The highest BCUT2D eigenvalue weighted by molar-refractivity contribution is 7.71. The van der Waals surface area contributed by atoms with Gasteiger partial charge < -0.3 is 59.6 Å². The van der Waals surface area contributed by atoms with Gasteiger partial charge in [-0.2, -0.15) is 15.2 Å². The number of aryl methyl sites for hydroxylation is 4. The predicted molar refractivity (Wildman–Crippen MR) is 339 cm³/mol. The second-order valence-corrected chi connectivity index (χ2v) is 27.5. The van der Waals surface area contributed by atoms with Gasteiger partial charge in [0, 0.05) is 120 Å². The van der Waals surface area contributed by atoms with Crippen LogP contribution in [-0.4, -0.2) is 133 Å². The molecule has 4 aromatic heterocycles. The lowest BCUT2D eigenvalue weighted by Crippen LogP contribution is -2.36. The van der Waals surface area contributed by atoms with Crippen molar-refractivity contribution in [1.82, 2.24) is 39.5 Å². The molecule has 4 aromatic carbocycles. The zero-order chi connectivity index (χ0) is 59.6. The van der Waals surface area contributed by atoms with Crippen molar-refractivity contribution in [3.05, 3.63) is 125 Å². The minimum atomic E-state index is -2.54. The monoisotopic (exact) mass is 1190 g/mol. The molecule has 2 aliphatic rings. The molecule has 0 spiro atoms. The van der Waals surface area contributed by atoms with Crippen molar-refractivity contribution in [3.63, 3.8) is 0 Å². The molecule has 20 nitrogen and oxygen atoms in total. The van der Waals surface area contributed by atoms with E-state index in [4.69, 9.17) is 41.3 Å². The Morgan fingerprint density at radius 2 is 1.06 bits per heavy atom. The number of methoxy groups -OCH3 is 2. The van der Waals surface area contributed by atoms with Gasteiger partial charge in [-0.25, -0.2) is 15.0 Å². The van der Waals surface area contributed by atoms with Gasteiger partial charge in [0.2, 0.25) is 11.2 Å². The summed E-state index contributed by atoms with van der Waals surface area (Å²) in [5.74, 6) is 2.96. The number of nitrogens with one attached hydrogen (secondary N) is 3. The van der Waals surface area contributed by atoms with Gasteiger partial charge in [-0.1, -0.05) is 12.1 Å². The Balaban J connectivity index is 0.000000180. The molecule has 0 unspecified atom stereocenters. The Bertz CT molecular complexity index is 3650. The Labute approximate surface area is 492 Å². The number of anilines is 9. The number of rotatable bonds is 16. The zero-order valence-corrected chi connectivity index (χ0v) is 52.1. The van der Waals surface area contributed by atoms with Crippen LogP contribution < -0.4 is 51.6 Å². The lowest BCUT2D eigenvalue weighted by atomic mass is 10.0. The molecule has 0 atom stereocenters. The number of nitrogen functional groups attached to an aromatic ring is 1. The van der Waals surface area contributed by atoms with Crippen LogP contribution >= 0.6 is 25.9 Å². The Kier molecular flexibility index (Phi) is 20.2. The van der Waals surface area contributed by atoms with Gasteiger partial charge in [-0.05, 0) is 138 Å². The van der Waals surface area contributed by atoms with Crippen LogP contribution in [-0.2, 0) is 31.7 Å². The average Bonchev–Trinajstić information content (AvgIpc) is 4.38. The van der Waals surface area contributed by atoms with Gasteiger partial charge in [-0.15, -0.1) is 0 Å². The van der Waals surface area contributed by atoms with Crippen molar-refractivity contribution in [2.45, 2.75) is 54.6 Å². The summed E-state index contributed by atoms with van der Waals surface area (Å²) < 4.78 is 51.8. The summed E-state index contributed by atoms with van der Waals surface area (Å²) in [5.41, 5.74) is 19.7. The smallest absolute Gasteiger partial charge is 0.229 e. The Morgan fingerprint density at radius 3 is 1.51 bits per heavy atom. The SMILES string of the molecule is CCn1cc(-c2cc(N)c(OC)cc2N2CCOCC2)cn1.CCn1cc(-c2cc(Nc3nccc(Nc4ccc(C)c(C)c4P(C)(C)=O)n3)c(OC)cc2N2CCOCC2)cn1.Cc1ccc(Nc2ccnc(Cl)n2)c(P(C)(C)=O)c1C. The standard InChI is InChI=1S/C30H38N7O3P.C16H22N4O2.C14H17ClN3OP/c1-7-37-19-22(18-32-37)23-16-25(27(39-4)17-26(23)36-12-14-40-15-13-36)34-30-31-11-10-28(35-30)33-24-9-8-20(2)21(3)29(24)41(5,6)38;1-3-20-11-12(10-18-20)13-8-14(17)16(21-2)9-15(13)19-4-6-22-7-5-19;1-9-5-6-11(13(10(9)2)20(3,4)19)17-12-7-8-16-14(15)18-12/h8-11,16-19H,7,12-15H2,1-6H3,(H2,31,33,34,35);8-11H,3-7,17H2,1-2H3;5-8H,1-4H3,(H,16,17,18). The second-order valence-electron chi connectivity index (χ2n) is 20.9. The Morgan fingerprint density at radius 1 is 0.602 bits per heavy atom. The molecule has 5 N–H and O–H groups in total. The summed E-state index contributed by atoms with van der Waals surface area (Å²) in [6.45, 7) is 27.1. The molecule has 6 heterocycles. The second kappa shape index (κ2) is 27.3. The van der Waals surface area contributed by atoms with Crippen molar-refractivity contribution >= 4 is 88.2 Å². The molecule has 2 aliphatic heterocycles. The van der Waals surface area contributed by atoms with E-state index in [1.165, 1.54) is 0 Å². The first-order chi connectivity index (χ1) is 39.7. The summed E-state index contributed by atoms with van der Waals surface area (Å²) in [7, 11) is -1.65. The summed E-state index contributed by atoms with van der Waals surface area (Å²) >= 11 is 5.78. The fourth-order valence-electron chi connectivity index (χ4n) is 10.0. The lowest BCUT2D eigenvalue weighted by Gasteiger charge is -2.31.